The molecule has 7 heteroatoms. The van der Waals surface area contributed by atoms with Gasteiger partial charge in [0.25, 0.3) is 11.6 Å². The number of non-ortho nitro benzene ring substituents is 1. The first-order valence-electron chi connectivity index (χ1n) is 7.97. The SMILES string of the molecule is CCC(CC)C(O)CNC(=O)c1ccc([N+](=O)[O-])c2cccnc12. The van der Waals surface area contributed by atoms with Crippen molar-refractivity contribution >= 4 is 22.5 Å². The van der Waals surface area contributed by atoms with Crippen molar-refractivity contribution in [2.24, 2.45) is 5.92 Å². The van der Waals surface area contributed by atoms with E-state index in [0.717, 1.165) is 12.8 Å². The molecule has 1 aromatic heterocycles. The first kappa shape index (κ1) is 17.8. The zero-order chi connectivity index (χ0) is 17.7. The minimum absolute atomic E-state index is 0.0910. The molecule has 2 N–H and O–H groups in total. The lowest BCUT2D eigenvalue weighted by Gasteiger charge is -2.20. The fraction of sp³-hybridized carbons (Fsp3) is 0.412. The van der Waals surface area contributed by atoms with Crippen LogP contribution in [0.2, 0.25) is 0 Å². The van der Waals surface area contributed by atoms with Crippen LogP contribution in [0.3, 0.4) is 0 Å². The Morgan fingerprint density at radius 2 is 2.04 bits per heavy atom. The largest absolute Gasteiger partial charge is 0.391 e. The number of aliphatic hydroxyl groups is 1. The van der Waals surface area contributed by atoms with Crippen LogP contribution < -0.4 is 5.32 Å². The topological polar surface area (TPSA) is 105 Å². The zero-order valence-corrected chi connectivity index (χ0v) is 13.7. The van der Waals surface area contributed by atoms with E-state index in [1.807, 2.05) is 13.8 Å². The first-order valence-corrected chi connectivity index (χ1v) is 7.97. The number of nitrogens with zero attached hydrogens (tertiary/aromatic N) is 2. The highest BCUT2D eigenvalue weighted by Gasteiger charge is 2.20. The van der Waals surface area contributed by atoms with Crippen molar-refractivity contribution in [3.63, 3.8) is 0 Å². The third-order valence-corrected chi connectivity index (χ3v) is 4.25. The summed E-state index contributed by atoms with van der Waals surface area (Å²) in [6, 6.07) is 5.85. The van der Waals surface area contributed by atoms with Crippen LogP contribution in [0.4, 0.5) is 5.69 Å². The quantitative estimate of drug-likeness (QED) is 0.599. The number of hydrogen-bond acceptors (Lipinski definition) is 5. The van der Waals surface area contributed by atoms with Gasteiger partial charge in [-0.05, 0) is 24.1 Å². The Morgan fingerprint density at radius 1 is 1.33 bits per heavy atom. The number of fused-ring (bicyclic) bond motifs is 1. The van der Waals surface area contributed by atoms with Gasteiger partial charge in [-0.1, -0.05) is 26.7 Å². The fourth-order valence-electron chi connectivity index (χ4n) is 2.79. The molecule has 7 nitrogen and oxygen atoms in total. The summed E-state index contributed by atoms with van der Waals surface area (Å²) in [4.78, 5) is 27.1. The van der Waals surface area contributed by atoms with Crippen molar-refractivity contribution in [1.29, 1.82) is 0 Å². The van der Waals surface area contributed by atoms with Crippen molar-refractivity contribution < 1.29 is 14.8 Å². The molecular formula is C17H21N3O4. The number of rotatable bonds is 7. The molecule has 0 aliphatic carbocycles. The van der Waals surface area contributed by atoms with E-state index in [0.29, 0.717) is 5.39 Å². The second-order valence-corrected chi connectivity index (χ2v) is 5.64. The Kier molecular flexibility index (Phi) is 5.81. The molecule has 0 saturated heterocycles. The van der Waals surface area contributed by atoms with Gasteiger partial charge in [-0.2, -0.15) is 0 Å². The highest BCUT2D eigenvalue weighted by atomic mass is 16.6. The van der Waals surface area contributed by atoms with E-state index >= 15 is 0 Å². The van der Waals surface area contributed by atoms with Gasteiger partial charge in [-0.15, -0.1) is 0 Å². The lowest BCUT2D eigenvalue weighted by Crippen LogP contribution is -2.36. The van der Waals surface area contributed by atoms with Crippen LogP contribution >= 0.6 is 0 Å². The number of aromatic nitrogens is 1. The summed E-state index contributed by atoms with van der Waals surface area (Å²) in [7, 11) is 0. The average Bonchev–Trinajstić information content (AvgIpc) is 2.59. The molecule has 0 fully saturated rings. The van der Waals surface area contributed by atoms with Crippen LogP contribution in [-0.2, 0) is 0 Å². The van der Waals surface area contributed by atoms with Gasteiger partial charge in [-0.3, -0.25) is 19.9 Å². The maximum Gasteiger partial charge on any atom is 0.278 e. The van der Waals surface area contributed by atoms with Crippen LogP contribution in [-0.4, -0.2) is 33.6 Å². The molecule has 1 atom stereocenters. The molecule has 1 unspecified atom stereocenters. The summed E-state index contributed by atoms with van der Waals surface area (Å²) in [6.45, 7) is 4.12. The molecule has 0 aliphatic rings. The highest BCUT2D eigenvalue weighted by molar-refractivity contribution is 6.07. The van der Waals surface area contributed by atoms with Gasteiger partial charge >= 0.3 is 0 Å². The standard InChI is InChI=1S/C17H21N3O4/c1-3-11(4-2)15(21)10-19-17(22)13-7-8-14(20(23)24)12-6-5-9-18-16(12)13/h5-9,11,15,21H,3-4,10H2,1-2H3,(H,19,22). The molecule has 0 bridgehead atoms. The van der Waals surface area contributed by atoms with E-state index in [9.17, 15) is 20.0 Å². The van der Waals surface area contributed by atoms with E-state index in [-0.39, 0.29) is 29.2 Å². The number of hydrogen-bond donors (Lipinski definition) is 2. The third-order valence-electron chi connectivity index (χ3n) is 4.25. The molecule has 0 aliphatic heterocycles. The Balaban J connectivity index is 2.25. The monoisotopic (exact) mass is 331 g/mol. The Hall–Kier alpha value is -2.54. The van der Waals surface area contributed by atoms with E-state index in [1.165, 1.54) is 18.3 Å². The number of nitrogens with one attached hydrogen (secondary N) is 1. The lowest BCUT2D eigenvalue weighted by molar-refractivity contribution is -0.383. The molecule has 0 spiro atoms. The molecule has 24 heavy (non-hydrogen) atoms. The maximum atomic E-state index is 12.4. The molecule has 2 rings (SSSR count). The minimum Gasteiger partial charge on any atom is -0.391 e. The van der Waals surface area contributed by atoms with Crippen molar-refractivity contribution in [3.05, 3.63) is 46.1 Å². The van der Waals surface area contributed by atoms with Crippen LogP contribution in [0.15, 0.2) is 30.5 Å². The summed E-state index contributed by atoms with van der Waals surface area (Å²) in [6.07, 6.45) is 2.52. The Morgan fingerprint density at radius 3 is 2.67 bits per heavy atom. The van der Waals surface area contributed by atoms with E-state index in [2.05, 4.69) is 10.3 Å². The van der Waals surface area contributed by atoms with Crippen molar-refractivity contribution in [3.8, 4) is 0 Å². The van der Waals surface area contributed by atoms with Crippen molar-refractivity contribution in [2.45, 2.75) is 32.8 Å². The minimum atomic E-state index is -0.624. The lowest BCUT2D eigenvalue weighted by atomic mass is 9.96. The van der Waals surface area contributed by atoms with Gasteiger partial charge in [0.15, 0.2) is 0 Å². The molecule has 0 radical (unpaired) electrons. The number of benzene rings is 1. The molecule has 128 valence electrons. The van der Waals surface area contributed by atoms with Crippen LogP contribution in [0.1, 0.15) is 37.0 Å². The maximum absolute atomic E-state index is 12.4. The normalized spacial score (nSPS) is 12.3. The predicted molar refractivity (Wildman–Crippen MR) is 90.8 cm³/mol. The zero-order valence-electron chi connectivity index (χ0n) is 13.7. The van der Waals surface area contributed by atoms with E-state index in [4.69, 9.17) is 0 Å². The third kappa shape index (κ3) is 3.68. The highest BCUT2D eigenvalue weighted by Crippen LogP contribution is 2.26. The number of pyridine rings is 1. The summed E-state index contributed by atoms with van der Waals surface area (Å²) in [5.74, 6) is -0.282. The van der Waals surface area contributed by atoms with Gasteiger partial charge in [0.2, 0.25) is 0 Å². The summed E-state index contributed by atoms with van der Waals surface area (Å²) >= 11 is 0. The van der Waals surface area contributed by atoms with Crippen molar-refractivity contribution in [1.82, 2.24) is 10.3 Å². The summed E-state index contributed by atoms with van der Waals surface area (Å²) in [5.41, 5.74) is 0.445. The first-order chi connectivity index (χ1) is 11.5. The molecule has 0 saturated carbocycles. The van der Waals surface area contributed by atoms with Gasteiger partial charge in [0.1, 0.15) is 0 Å². The Labute approximate surface area is 139 Å². The van der Waals surface area contributed by atoms with Gasteiger partial charge in [0.05, 0.1) is 27.5 Å². The predicted octanol–water partition coefficient (Wildman–Crippen LogP) is 2.67. The van der Waals surface area contributed by atoms with Crippen LogP contribution in [0, 0.1) is 16.0 Å². The average molecular weight is 331 g/mol. The number of carbonyl (C=O) groups excluding carboxylic acids is 1. The number of carbonyl (C=O) groups is 1. The second-order valence-electron chi connectivity index (χ2n) is 5.64. The molecule has 1 aromatic carbocycles. The van der Waals surface area contributed by atoms with E-state index < -0.39 is 16.9 Å². The summed E-state index contributed by atoms with van der Waals surface area (Å²) < 4.78 is 0. The second kappa shape index (κ2) is 7.83. The molecule has 1 heterocycles. The molecule has 2 aromatic rings. The number of nitro groups is 1. The van der Waals surface area contributed by atoms with Gasteiger partial charge < -0.3 is 10.4 Å². The van der Waals surface area contributed by atoms with Gasteiger partial charge in [0, 0.05) is 18.8 Å². The number of nitro benzene ring substituents is 1. The number of aliphatic hydroxyl groups excluding tert-OH is 1. The molecular weight excluding hydrogens is 310 g/mol. The van der Waals surface area contributed by atoms with Crippen LogP contribution in [0.5, 0.6) is 0 Å². The van der Waals surface area contributed by atoms with E-state index in [1.54, 1.807) is 12.1 Å². The van der Waals surface area contributed by atoms with Crippen molar-refractivity contribution in [2.75, 3.05) is 6.54 Å². The van der Waals surface area contributed by atoms with Crippen LogP contribution in [0.25, 0.3) is 10.9 Å². The Bertz CT molecular complexity index is 744. The smallest absolute Gasteiger partial charge is 0.278 e. The summed E-state index contributed by atoms with van der Waals surface area (Å²) in [5, 5.41) is 24.2. The number of amides is 1. The molecule has 1 amide bonds. The van der Waals surface area contributed by atoms with Gasteiger partial charge in [-0.25, -0.2) is 0 Å². The fourth-order valence-corrected chi connectivity index (χ4v) is 2.79.